The zero-order chi connectivity index (χ0) is 5.28. The van der Waals surface area contributed by atoms with Gasteiger partial charge in [0, 0.05) is 17.1 Å². The fourth-order valence-electron chi connectivity index (χ4n) is 0.426. The Morgan fingerprint density at radius 2 is 2.57 bits per heavy atom. The Kier molecular flexibility index (Phi) is 1.44. The van der Waals surface area contributed by atoms with E-state index in [2.05, 4.69) is 0 Å². The second-order valence-electron chi connectivity index (χ2n) is 1.70. The Balaban J connectivity index is 2.08. The zero-order valence-corrected chi connectivity index (χ0v) is 5.03. The maximum atomic E-state index is 10.3. The van der Waals surface area contributed by atoms with Crippen molar-refractivity contribution in [3.8, 4) is 0 Å². The van der Waals surface area contributed by atoms with Crippen LogP contribution in [0.15, 0.2) is 0 Å². The molecule has 2 atom stereocenters. The summed E-state index contributed by atoms with van der Waals surface area (Å²) in [6.45, 7) is 0.819. The van der Waals surface area contributed by atoms with Gasteiger partial charge in [0.05, 0.1) is 18.5 Å². The molecule has 0 spiro atoms. The molecule has 0 amide bonds. The standard InChI is InChI=1S/C4H8O2S/c1-7(5)3-4-2-6-4/h4H,2-3H2,1H3. The number of hydrogen-bond acceptors (Lipinski definition) is 2. The van der Waals surface area contributed by atoms with Crippen LogP contribution in [-0.2, 0) is 15.5 Å². The normalized spacial score (nSPS) is 32.4. The van der Waals surface area contributed by atoms with Gasteiger partial charge >= 0.3 is 0 Å². The molecule has 1 aliphatic heterocycles. The molecule has 0 bridgehead atoms. The summed E-state index contributed by atoms with van der Waals surface area (Å²) in [6.07, 6.45) is 2.02. The third kappa shape index (κ3) is 2.04. The van der Waals surface area contributed by atoms with Gasteiger partial charge in [-0.3, -0.25) is 4.21 Å². The summed E-state index contributed by atoms with van der Waals surface area (Å²) in [5, 5.41) is 0. The molecule has 0 saturated carbocycles. The zero-order valence-electron chi connectivity index (χ0n) is 4.22. The highest BCUT2D eigenvalue weighted by atomic mass is 32.2. The van der Waals surface area contributed by atoms with Crippen molar-refractivity contribution in [1.82, 2.24) is 0 Å². The first-order valence-electron chi connectivity index (χ1n) is 2.20. The van der Waals surface area contributed by atoms with Crippen molar-refractivity contribution in [1.29, 1.82) is 0 Å². The number of epoxide rings is 1. The molecule has 0 aliphatic carbocycles. The largest absolute Gasteiger partial charge is 0.372 e. The smallest absolute Gasteiger partial charge is 0.0924 e. The van der Waals surface area contributed by atoms with Crippen molar-refractivity contribution in [3.05, 3.63) is 0 Å². The summed E-state index contributed by atoms with van der Waals surface area (Å²) < 4.78 is 15.2. The van der Waals surface area contributed by atoms with E-state index in [-0.39, 0.29) is 0 Å². The SMILES string of the molecule is CS(=O)CC1CO1. The predicted octanol–water partition coefficient (Wildman–Crippen LogP) is -0.236. The van der Waals surface area contributed by atoms with E-state index >= 15 is 0 Å². The first-order chi connectivity index (χ1) is 3.29. The van der Waals surface area contributed by atoms with Crippen LogP contribution in [0, 0.1) is 0 Å². The van der Waals surface area contributed by atoms with Gasteiger partial charge in [-0.25, -0.2) is 0 Å². The van der Waals surface area contributed by atoms with E-state index < -0.39 is 10.8 Å². The summed E-state index contributed by atoms with van der Waals surface area (Å²) in [5.74, 6) is 0.722. The molecular weight excluding hydrogens is 112 g/mol. The fourth-order valence-corrected chi connectivity index (χ4v) is 1.14. The highest BCUT2D eigenvalue weighted by Gasteiger charge is 2.22. The maximum absolute atomic E-state index is 10.3. The molecule has 1 rings (SSSR count). The molecule has 1 heterocycles. The molecule has 3 heteroatoms. The minimum atomic E-state index is -0.658. The topological polar surface area (TPSA) is 29.6 Å². The van der Waals surface area contributed by atoms with E-state index in [1.54, 1.807) is 6.26 Å². The summed E-state index contributed by atoms with van der Waals surface area (Å²) in [6, 6.07) is 0. The number of rotatable bonds is 2. The lowest BCUT2D eigenvalue weighted by atomic mass is 10.6. The summed E-state index contributed by atoms with van der Waals surface area (Å²) in [4.78, 5) is 0. The molecule has 1 aliphatic rings. The van der Waals surface area contributed by atoms with Crippen molar-refractivity contribution in [2.75, 3.05) is 18.6 Å². The van der Waals surface area contributed by atoms with Gasteiger partial charge in [0.25, 0.3) is 0 Å². The molecular formula is C4H8O2S. The Morgan fingerprint density at radius 1 is 2.00 bits per heavy atom. The summed E-state index contributed by atoms with van der Waals surface area (Å²) in [7, 11) is -0.658. The van der Waals surface area contributed by atoms with Crippen molar-refractivity contribution < 1.29 is 8.95 Å². The summed E-state index contributed by atoms with van der Waals surface area (Å²) >= 11 is 0. The van der Waals surface area contributed by atoms with Crippen LogP contribution >= 0.6 is 0 Å². The third-order valence-corrected chi connectivity index (χ3v) is 1.66. The van der Waals surface area contributed by atoms with Crippen LogP contribution in [0.4, 0.5) is 0 Å². The minimum Gasteiger partial charge on any atom is -0.372 e. The monoisotopic (exact) mass is 120 g/mol. The molecule has 42 valence electrons. The van der Waals surface area contributed by atoms with Crippen LogP contribution in [0.5, 0.6) is 0 Å². The molecule has 2 unspecified atom stereocenters. The summed E-state index contributed by atoms with van der Waals surface area (Å²) in [5.41, 5.74) is 0. The Morgan fingerprint density at radius 3 is 2.71 bits per heavy atom. The van der Waals surface area contributed by atoms with E-state index in [4.69, 9.17) is 4.74 Å². The van der Waals surface area contributed by atoms with Crippen molar-refractivity contribution >= 4 is 10.8 Å². The average molecular weight is 120 g/mol. The molecule has 0 N–H and O–H groups in total. The van der Waals surface area contributed by atoms with Gasteiger partial charge in [-0.15, -0.1) is 0 Å². The Hall–Kier alpha value is 0.110. The second kappa shape index (κ2) is 1.92. The van der Waals surface area contributed by atoms with E-state index in [1.807, 2.05) is 0 Å². The highest BCUT2D eigenvalue weighted by molar-refractivity contribution is 7.84. The van der Waals surface area contributed by atoms with Crippen molar-refractivity contribution in [3.63, 3.8) is 0 Å². The van der Waals surface area contributed by atoms with E-state index in [0.29, 0.717) is 6.10 Å². The highest BCUT2D eigenvalue weighted by Crippen LogP contribution is 2.08. The fraction of sp³-hybridized carbons (Fsp3) is 1.00. The molecule has 1 saturated heterocycles. The second-order valence-corrected chi connectivity index (χ2v) is 3.17. The van der Waals surface area contributed by atoms with Crippen molar-refractivity contribution in [2.24, 2.45) is 0 Å². The van der Waals surface area contributed by atoms with Crippen LogP contribution in [-0.4, -0.2) is 28.9 Å². The van der Waals surface area contributed by atoms with Gasteiger partial charge < -0.3 is 4.74 Å². The molecule has 0 aromatic carbocycles. The average Bonchev–Trinajstić information content (AvgIpc) is 2.17. The van der Waals surface area contributed by atoms with Gasteiger partial charge in [0.15, 0.2) is 0 Å². The van der Waals surface area contributed by atoms with Crippen LogP contribution in [0.3, 0.4) is 0 Å². The molecule has 0 aromatic rings. The predicted molar refractivity (Wildman–Crippen MR) is 28.7 cm³/mol. The van der Waals surface area contributed by atoms with Crippen LogP contribution in [0.25, 0.3) is 0 Å². The first-order valence-corrected chi connectivity index (χ1v) is 3.93. The quantitative estimate of drug-likeness (QED) is 0.471. The minimum absolute atomic E-state index is 0.325. The maximum Gasteiger partial charge on any atom is 0.0924 e. The molecule has 1 fully saturated rings. The van der Waals surface area contributed by atoms with E-state index in [9.17, 15) is 4.21 Å². The lowest BCUT2D eigenvalue weighted by molar-refractivity contribution is 0.425. The Labute approximate surface area is 45.3 Å². The lowest BCUT2D eigenvalue weighted by Crippen LogP contribution is -2.00. The van der Waals surface area contributed by atoms with Gasteiger partial charge in [-0.1, -0.05) is 0 Å². The first kappa shape index (κ1) is 5.25. The van der Waals surface area contributed by atoms with Gasteiger partial charge in [0.2, 0.25) is 0 Å². The number of ether oxygens (including phenoxy) is 1. The van der Waals surface area contributed by atoms with Crippen LogP contribution < -0.4 is 0 Å². The van der Waals surface area contributed by atoms with E-state index in [0.717, 1.165) is 12.4 Å². The molecule has 0 radical (unpaired) electrons. The van der Waals surface area contributed by atoms with Crippen LogP contribution in [0.2, 0.25) is 0 Å². The van der Waals surface area contributed by atoms with Crippen LogP contribution in [0.1, 0.15) is 0 Å². The molecule has 7 heavy (non-hydrogen) atoms. The van der Waals surface area contributed by atoms with E-state index in [1.165, 1.54) is 0 Å². The Bertz CT molecular complexity index is 87.7. The number of hydrogen-bond donors (Lipinski definition) is 0. The van der Waals surface area contributed by atoms with Gasteiger partial charge in [0.1, 0.15) is 0 Å². The van der Waals surface area contributed by atoms with Gasteiger partial charge in [-0.2, -0.15) is 0 Å². The van der Waals surface area contributed by atoms with Crippen molar-refractivity contribution in [2.45, 2.75) is 6.10 Å². The van der Waals surface area contributed by atoms with Gasteiger partial charge in [-0.05, 0) is 0 Å². The lowest BCUT2D eigenvalue weighted by Gasteiger charge is -1.83. The molecule has 2 nitrogen and oxygen atoms in total. The third-order valence-electron chi connectivity index (χ3n) is 0.823. The molecule has 0 aromatic heterocycles.